The van der Waals surface area contributed by atoms with Gasteiger partial charge >= 0.3 is 0 Å². The first-order chi connectivity index (χ1) is 15.0. The molecule has 7 nitrogen and oxygen atoms in total. The molecule has 2 aliphatic rings. The Balaban J connectivity index is 1.45. The van der Waals surface area contributed by atoms with Crippen molar-refractivity contribution in [3.05, 3.63) is 66.2 Å². The van der Waals surface area contributed by atoms with Gasteiger partial charge in [-0.2, -0.15) is 0 Å². The summed E-state index contributed by atoms with van der Waals surface area (Å²) in [5, 5.41) is 6.15. The molecule has 0 aliphatic carbocycles. The van der Waals surface area contributed by atoms with Gasteiger partial charge in [-0.1, -0.05) is 35.5 Å². The molecule has 31 heavy (non-hydrogen) atoms. The Morgan fingerprint density at radius 2 is 1.74 bits per heavy atom. The maximum absolute atomic E-state index is 13.4. The van der Waals surface area contributed by atoms with Crippen LogP contribution < -0.4 is 14.4 Å². The third kappa shape index (κ3) is 3.01. The van der Waals surface area contributed by atoms with E-state index in [1.165, 1.54) is 4.90 Å². The van der Waals surface area contributed by atoms with Gasteiger partial charge in [-0.3, -0.25) is 9.59 Å². The number of hydrogen-bond acceptors (Lipinski definition) is 6. The van der Waals surface area contributed by atoms with Crippen molar-refractivity contribution in [2.75, 3.05) is 19.1 Å². The average molecular weight is 416 g/mol. The van der Waals surface area contributed by atoms with Gasteiger partial charge in [0.2, 0.25) is 11.5 Å². The molecule has 7 heteroatoms. The summed E-state index contributed by atoms with van der Waals surface area (Å²) in [5.41, 5.74) is 0.457. The molecule has 156 valence electrons. The summed E-state index contributed by atoms with van der Waals surface area (Å²) in [5.74, 6) is 0.490. The van der Waals surface area contributed by atoms with Crippen molar-refractivity contribution in [3.63, 3.8) is 0 Å². The lowest BCUT2D eigenvalue weighted by Crippen LogP contribution is -2.40. The highest BCUT2D eigenvalue weighted by atomic mass is 16.7. The zero-order chi connectivity index (χ0) is 21.6. The molecule has 2 amide bonds. The van der Waals surface area contributed by atoms with Gasteiger partial charge in [0.1, 0.15) is 11.5 Å². The quantitative estimate of drug-likeness (QED) is 0.607. The molecule has 1 saturated heterocycles. The Hall–Kier alpha value is -3.87. The van der Waals surface area contributed by atoms with Gasteiger partial charge in [-0.05, 0) is 35.0 Å². The minimum absolute atomic E-state index is 0.0653. The first kappa shape index (κ1) is 19.1. The monoisotopic (exact) mass is 416 g/mol. The SMILES string of the molecule is COc1ccc(C2=NO[C@@]3(CC(=O)N(c4ccc5ccccc5c4)C3=O)C2)c(OC)c1. The number of carbonyl (C=O) groups excluding carboxylic acids is 2. The van der Waals surface area contributed by atoms with Gasteiger partial charge in [0.05, 0.1) is 32.0 Å². The van der Waals surface area contributed by atoms with Crippen molar-refractivity contribution in [1.29, 1.82) is 0 Å². The molecule has 2 aliphatic heterocycles. The largest absolute Gasteiger partial charge is 0.497 e. The van der Waals surface area contributed by atoms with Crippen molar-refractivity contribution in [2.24, 2.45) is 5.16 Å². The summed E-state index contributed by atoms with van der Waals surface area (Å²) in [6.07, 6.45) is 0.120. The number of carbonyl (C=O) groups is 2. The summed E-state index contributed by atoms with van der Waals surface area (Å²) >= 11 is 0. The molecule has 1 atom stereocenters. The molecular weight excluding hydrogens is 396 g/mol. The number of benzene rings is 3. The van der Waals surface area contributed by atoms with E-state index in [9.17, 15) is 9.59 Å². The van der Waals surface area contributed by atoms with E-state index in [1.54, 1.807) is 38.5 Å². The first-order valence-corrected chi connectivity index (χ1v) is 9.88. The van der Waals surface area contributed by atoms with Crippen LogP contribution in [0.3, 0.4) is 0 Å². The fourth-order valence-electron chi connectivity index (χ4n) is 4.16. The second-order valence-electron chi connectivity index (χ2n) is 7.61. The molecule has 5 rings (SSSR count). The number of imide groups is 1. The topological polar surface area (TPSA) is 77.4 Å². The van der Waals surface area contributed by atoms with E-state index >= 15 is 0 Å². The van der Waals surface area contributed by atoms with Crippen molar-refractivity contribution in [2.45, 2.75) is 18.4 Å². The Morgan fingerprint density at radius 3 is 2.52 bits per heavy atom. The normalized spacial score (nSPS) is 20.3. The molecular formula is C24H20N2O5. The summed E-state index contributed by atoms with van der Waals surface area (Å²) in [7, 11) is 3.12. The van der Waals surface area contributed by atoms with Gasteiger partial charge in [-0.25, -0.2) is 4.90 Å². The minimum atomic E-state index is -1.33. The third-order valence-electron chi connectivity index (χ3n) is 5.77. The van der Waals surface area contributed by atoms with Crippen LogP contribution in [0.2, 0.25) is 0 Å². The van der Waals surface area contributed by atoms with E-state index < -0.39 is 11.5 Å². The van der Waals surface area contributed by atoms with Crippen LogP contribution in [0.25, 0.3) is 10.8 Å². The number of ether oxygens (including phenoxy) is 2. The van der Waals surface area contributed by atoms with Crippen molar-refractivity contribution < 1.29 is 23.9 Å². The first-order valence-electron chi connectivity index (χ1n) is 9.88. The van der Waals surface area contributed by atoms with Crippen molar-refractivity contribution in [3.8, 4) is 11.5 Å². The van der Waals surface area contributed by atoms with Crippen LogP contribution in [-0.4, -0.2) is 37.3 Å². The number of methoxy groups -OCH3 is 2. The maximum Gasteiger partial charge on any atom is 0.281 e. The number of rotatable bonds is 4. The van der Waals surface area contributed by atoms with E-state index in [0.29, 0.717) is 28.5 Å². The Bertz CT molecular complexity index is 1250. The van der Waals surface area contributed by atoms with Gasteiger partial charge < -0.3 is 14.3 Å². The zero-order valence-electron chi connectivity index (χ0n) is 17.1. The second-order valence-corrected chi connectivity index (χ2v) is 7.61. The van der Waals surface area contributed by atoms with Crippen LogP contribution in [0.1, 0.15) is 18.4 Å². The lowest BCUT2D eigenvalue weighted by Gasteiger charge is -2.20. The van der Waals surface area contributed by atoms with Gasteiger partial charge in [-0.15, -0.1) is 0 Å². The maximum atomic E-state index is 13.4. The highest BCUT2D eigenvalue weighted by Crippen LogP contribution is 2.41. The third-order valence-corrected chi connectivity index (χ3v) is 5.77. The number of nitrogens with zero attached hydrogens (tertiary/aromatic N) is 2. The van der Waals surface area contributed by atoms with Crippen LogP contribution in [0.15, 0.2) is 65.8 Å². The molecule has 1 spiro atoms. The van der Waals surface area contributed by atoms with Gasteiger partial charge in [0.15, 0.2) is 0 Å². The number of hydrogen-bond donors (Lipinski definition) is 0. The standard InChI is InChI=1S/C24H20N2O5/c1-29-18-9-10-19(21(12-18)30-2)20-13-24(31-25-20)14-22(27)26(23(24)28)17-8-7-15-5-3-4-6-16(15)11-17/h3-12H,13-14H2,1-2H3/t24-/m1/s1. The smallest absolute Gasteiger partial charge is 0.281 e. The Kier molecular flexibility index (Phi) is 4.39. The Morgan fingerprint density at radius 1 is 0.935 bits per heavy atom. The molecule has 0 saturated carbocycles. The van der Waals surface area contributed by atoms with E-state index in [2.05, 4.69) is 5.16 Å². The number of oxime groups is 1. The van der Waals surface area contributed by atoms with Crippen LogP contribution >= 0.6 is 0 Å². The van der Waals surface area contributed by atoms with Crippen molar-refractivity contribution in [1.82, 2.24) is 0 Å². The van der Waals surface area contributed by atoms with E-state index in [4.69, 9.17) is 14.3 Å². The minimum Gasteiger partial charge on any atom is -0.497 e. The molecule has 2 heterocycles. The van der Waals surface area contributed by atoms with Gasteiger partial charge in [0.25, 0.3) is 5.91 Å². The molecule has 0 aromatic heterocycles. The van der Waals surface area contributed by atoms with Crippen LogP contribution in [0.4, 0.5) is 5.69 Å². The summed E-state index contributed by atoms with van der Waals surface area (Å²) in [4.78, 5) is 33.1. The molecule has 0 N–H and O–H groups in total. The van der Waals surface area contributed by atoms with Crippen LogP contribution in [-0.2, 0) is 14.4 Å². The predicted molar refractivity (Wildman–Crippen MR) is 116 cm³/mol. The highest BCUT2D eigenvalue weighted by molar-refractivity contribution is 6.26. The fraction of sp³-hybridized carbons (Fsp3) is 0.208. The summed E-state index contributed by atoms with van der Waals surface area (Å²) < 4.78 is 10.7. The molecule has 0 unspecified atom stereocenters. The van der Waals surface area contributed by atoms with E-state index in [0.717, 1.165) is 10.8 Å². The molecule has 0 radical (unpaired) electrons. The van der Waals surface area contributed by atoms with Crippen molar-refractivity contribution >= 4 is 34.0 Å². The lowest BCUT2D eigenvalue weighted by molar-refractivity contribution is -0.136. The number of amides is 2. The zero-order valence-corrected chi connectivity index (χ0v) is 17.1. The Labute approximate surface area is 178 Å². The number of fused-ring (bicyclic) bond motifs is 1. The van der Waals surface area contributed by atoms with Crippen LogP contribution in [0.5, 0.6) is 11.5 Å². The fourth-order valence-corrected chi connectivity index (χ4v) is 4.16. The lowest BCUT2D eigenvalue weighted by atomic mass is 9.92. The highest BCUT2D eigenvalue weighted by Gasteiger charge is 2.58. The van der Waals surface area contributed by atoms with E-state index in [-0.39, 0.29) is 18.7 Å². The number of anilines is 1. The van der Waals surface area contributed by atoms with Gasteiger partial charge in [0, 0.05) is 18.1 Å². The predicted octanol–water partition coefficient (Wildman–Crippen LogP) is 3.68. The second kappa shape index (κ2) is 7.12. The summed E-state index contributed by atoms with van der Waals surface area (Å²) in [6.45, 7) is 0. The van der Waals surface area contributed by atoms with E-state index in [1.807, 2.05) is 36.4 Å². The molecule has 3 aromatic carbocycles. The molecule has 1 fully saturated rings. The average Bonchev–Trinajstić information content (AvgIpc) is 3.33. The molecule has 0 bridgehead atoms. The molecule has 3 aromatic rings. The summed E-state index contributed by atoms with van der Waals surface area (Å²) in [6, 6.07) is 18.6. The van der Waals surface area contributed by atoms with Crippen LogP contribution in [0, 0.1) is 0 Å².